The normalized spacial score (nSPS) is 15.8. The lowest BCUT2D eigenvalue weighted by Crippen LogP contribution is -2.19. The fourth-order valence-corrected chi connectivity index (χ4v) is 1.70. The van der Waals surface area contributed by atoms with E-state index >= 15 is 0 Å². The highest BCUT2D eigenvalue weighted by Gasteiger charge is 2.15. The second kappa shape index (κ2) is 3.44. The maximum Gasteiger partial charge on any atom is 0.163 e. The Kier molecular flexibility index (Phi) is 2.13. The second-order valence-electron chi connectivity index (χ2n) is 3.18. The SMILES string of the molecule is N#Cc1ncccc1N1CCCC1. The molecule has 0 bridgehead atoms. The summed E-state index contributed by atoms with van der Waals surface area (Å²) in [5, 5.41) is 8.84. The molecule has 1 aliphatic heterocycles. The molecule has 66 valence electrons. The highest BCUT2D eigenvalue weighted by molar-refractivity contribution is 5.56. The van der Waals surface area contributed by atoms with E-state index in [2.05, 4.69) is 16.0 Å². The third-order valence-electron chi connectivity index (χ3n) is 2.34. The molecular weight excluding hydrogens is 162 g/mol. The summed E-state index contributed by atoms with van der Waals surface area (Å²) in [6.45, 7) is 2.11. The van der Waals surface area contributed by atoms with Gasteiger partial charge in [-0.1, -0.05) is 0 Å². The summed E-state index contributed by atoms with van der Waals surface area (Å²) in [7, 11) is 0. The van der Waals surface area contributed by atoms with Gasteiger partial charge in [-0.2, -0.15) is 5.26 Å². The van der Waals surface area contributed by atoms with Crippen LogP contribution in [-0.2, 0) is 0 Å². The highest BCUT2D eigenvalue weighted by atomic mass is 15.1. The summed E-state index contributed by atoms with van der Waals surface area (Å²) in [5.41, 5.74) is 1.53. The average Bonchev–Trinajstić information content (AvgIpc) is 2.70. The van der Waals surface area contributed by atoms with Crippen molar-refractivity contribution in [3.8, 4) is 6.07 Å². The molecule has 1 saturated heterocycles. The van der Waals surface area contributed by atoms with E-state index in [0.29, 0.717) is 5.69 Å². The molecule has 0 radical (unpaired) electrons. The van der Waals surface area contributed by atoms with Crippen LogP contribution in [0.5, 0.6) is 0 Å². The fourth-order valence-electron chi connectivity index (χ4n) is 1.70. The molecule has 2 heterocycles. The van der Waals surface area contributed by atoms with Crippen LogP contribution in [0, 0.1) is 11.3 Å². The van der Waals surface area contributed by atoms with Gasteiger partial charge >= 0.3 is 0 Å². The number of hydrogen-bond donors (Lipinski definition) is 0. The van der Waals surface area contributed by atoms with Crippen molar-refractivity contribution < 1.29 is 0 Å². The standard InChI is InChI=1S/C10H11N3/c11-8-9-10(4-3-5-12-9)13-6-1-2-7-13/h3-5H,1-2,6-7H2. The second-order valence-corrected chi connectivity index (χ2v) is 3.18. The molecule has 1 aliphatic rings. The Hall–Kier alpha value is -1.56. The Bertz CT molecular complexity index is 334. The lowest BCUT2D eigenvalue weighted by molar-refractivity contribution is 0.949. The van der Waals surface area contributed by atoms with E-state index < -0.39 is 0 Å². The molecule has 0 aromatic carbocycles. The van der Waals surface area contributed by atoms with E-state index in [1.165, 1.54) is 12.8 Å². The van der Waals surface area contributed by atoms with Crippen LogP contribution in [0.15, 0.2) is 18.3 Å². The van der Waals surface area contributed by atoms with Crippen LogP contribution in [0.25, 0.3) is 0 Å². The Morgan fingerprint density at radius 1 is 1.38 bits per heavy atom. The first kappa shape index (κ1) is 8.06. The zero-order valence-electron chi connectivity index (χ0n) is 7.40. The molecule has 13 heavy (non-hydrogen) atoms. The van der Waals surface area contributed by atoms with Crippen molar-refractivity contribution in [2.75, 3.05) is 18.0 Å². The minimum Gasteiger partial charge on any atom is -0.369 e. The summed E-state index contributed by atoms with van der Waals surface area (Å²) >= 11 is 0. The minimum absolute atomic E-state index is 0.546. The molecular formula is C10H11N3. The molecule has 0 amide bonds. The maximum atomic E-state index is 8.84. The highest BCUT2D eigenvalue weighted by Crippen LogP contribution is 2.21. The van der Waals surface area contributed by atoms with Gasteiger partial charge in [0.1, 0.15) is 6.07 Å². The summed E-state index contributed by atoms with van der Waals surface area (Å²) in [5.74, 6) is 0. The van der Waals surface area contributed by atoms with Crippen LogP contribution in [-0.4, -0.2) is 18.1 Å². The number of nitrogens with zero attached hydrogens (tertiary/aromatic N) is 3. The van der Waals surface area contributed by atoms with Gasteiger partial charge in [-0.15, -0.1) is 0 Å². The van der Waals surface area contributed by atoms with Crippen molar-refractivity contribution in [3.63, 3.8) is 0 Å². The van der Waals surface area contributed by atoms with Crippen molar-refractivity contribution in [3.05, 3.63) is 24.0 Å². The first-order valence-corrected chi connectivity index (χ1v) is 4.52. The van der Waals surface area contributed by atoms with Crippen LogP contribution in [0.3, 0.4) is 0 Å². The van der Waals surface area contributed by atoms with Gasteiger partial charge in [0.25, 0.3) is 0 Å². The van der Waals surface area contributed by atoms with E-state index in [0.717, 1.165) is 18.8 Å². The molecule has 3 nitrogen and oxygen atoms in total. The third-order valence-corrected chi connectivity index (χ3v) is 2.34. The van der Waals surface area contributed by atoms with Crippen molar-refractivity contribution >= 4 is 5.69 Å². The number of anilines is 1. The summed E-state index contributed by atoms with van der Waals surface area (Å²) < 4.78 is 0. The average molecular weight is 173 g/mol. The van der Waals surface area contributed by atoms with E-state index in [9.17, 15) is 0 Å². The largest absolute Gasteiger partial charge is 0.369 e. The quantitative estimate of drug-likeness (QED) is 0.647. The molecule has 0 saturated carbocycles. The first-order chi connectivity index (χ1) is 6.42. The predicted molar refractivity (Wildman–Crippen MR) is 50.4 cm³/mol. The van der Waals surface area contributed by atoms with Crippen LogP contribution < -0.4 is 4.90 Å². The van der Waals surface area contributed by atoms with Gasteiger partial charge in [-0.3, -0.25) is 0 Å². The number of hydrogen-bond acceptors (Lipinski definition) is 3. The van der Waals surface area contributed by atoms with Gasteiger partial charge < -0.3 is 4.90 Å². The van der Waals surface area contributed by atoms with Crippen molar-refractivity contribution in [1.29, 1.82) is 5.26 Å². The lowest BCUT2D eigenvalue weighted by atomic mass is 10.3. The van der Waals surface area contributed by atoms with Crippen molar-refractivity contribution in [2.45, 2.75) is 12.8 Å². The van der Waals surface area contributed by atoms with E-state index in [-0.39, 0.29) is 0 Å². The monoisotopic (exact) mass is 173 g/mol. The van der Waals surface area contributed by atoms with Gasteiger partial charge in [0.2, 0.25) is 0 Å². The van der Waals surface area contributed by atoms with Crippen LogP contribution in [0.4, 0.5) is 5.69 Å². The zero-order valence-corrected chi connectivity index (χ0v) is 7.40. The molecule has 1 aromatic rings. The Labute approximate surface area is 77.6 Å². The Balaban J connectivity index is 2.33. The lowest BCUT2D eigenvalue weighted by Gasteiger charge is -2.17. The van der Waals surface area contributed by atoms with E-state index in [1.54, 1.807) is 6.20 Å². The first-order valence-electron chi connectivity index (χ1n) is 4.52. The third kappa shape index (κ3) is 1.48. The fraction of sp³-hybridized carbons (Fsp3) is 0.400. The van der Waals surface area contributed by atoms with Gasteiger partial charge in [0, 0.05) is 19.3 Å². The zero-order chi connectivity index (χ0) is 9.10. The van der Waals surface area contributed by atoms with Gasteiger partial charge in [0.05, 0.1) is 5.69 Å². The van der Waals surface area contributed by atoms with E-state index in [4.69, 9.17) is 5.26 Å². The summed E-state index contributed by atoms with van der Waals surface area (Å²) in [6.07, 6.45) is 4.11. The molecule has 2 rings (SSSR count). The number of pyridine rings is 1. The summed E-state index contributed by atoms with van der Waals surface area (Å²) in [4.78, 5) is 6.27. The molecule has 0 atom stereocenters. The van der Waals surface area contributed by atoms with Gasteiger partial charge in [0.15, 0.2) is 5.69 Å². The van der Waals surface area contributed by atoms with E-state index in [1.807, 2.05) is 12.1 Å². The summed E-state index contributed by atoms with van der Waals surface area (Å²) in [6, 6.07) is 5.97. The number of aromatic nitrogens is 1. The molecule has 1 fully saturated rings. The van der Waals surface area contributed by atoms with Crippen molar-refractivity contribution in [2.24, 2.45) is 0 Å². The van der Waals surface area contributed by atoms with Crippen LogP contribution in [0.1, 0.15) is 18.5 Å². The minimum atomic E-state index is 0.546. The molecule has 0 spiro atoms. The smallest absolute Gasteiger partial charge is 0.163 e. The Morgan fingerprint density at radius 3 is 2.85 bits per heavy atom. The molecule has 0 N–H and O–H groups in total. The number of nitriles is 1. The molecule has 0 unspecified atom stereocenters. The molecule has 0 aliphatic carbocycles. The molecule has 1 aromatic heterocycles. The molecule has 3 heteroatoms. The topological polar surface area (TPSA) is 39.9 Å². The van der Waals surface area contributed by atoms with Crippen molar-refractivity contribution in [1.82, 2.24) is 4.98 Å². The van der Waals surface area contributed by atoms with Gasteiger partial charge in [-0.25, -0.2) is 4.98 Å². The maximum absolute atomic E-state index is 8.84. The van der Waals surface area contributed by atoms with Crippen LogP contribution in [0.2, 0.25) is 0 Å². The Morgan fingerprint density at radius 2 is 2.15 bits per heavy atom. The van der Waals surface area contributed by atoms with Gasteiger partial charge in [-0.05, 0) is 25.0 Å². The number of rotatable bonds is 1. The predicted octanol–water partition coefficient (Wildman–Crippen LogP) is 1.55. The van der Waals surface area contributed by atoms with Crippen LogP contribution >= 0.6 is 0 Å².